The number of hydrogen-bond acceptors (Lipinski definition) is 5. The third-order valence-electron chi connectivity index (χ3n) is 4.35. The van der Waals surface area contributed by atoms with Crippen molar-refractivity contribution in [3.8, 4) is 5.75 Å². The minimum Gasteiger partial charge on any atom is -0.496 e. The van der Waals surface area contributed by atoms with Crippen molar-refractivity contribution in [1.82, 2.24) is 9.29 Å². The Labute approximate surface area is 155 Å². The van der Waals surface area contributed by atoms with Crippen LogP contribution in [-0.2, 0) is 16.6 Å². The summed E-state index contributed by atoms with van der Waals surface area (Å²) in [5.74, 6) is 0.508. The third-order valence-corrected chi connectivity index (χ3v) is 6.55. The molecular formula is C19H26N2O4S. The van der Waals surface area contributed by atoms with E-state index in [1.807, 2.05) is 6.92 Å². The average Bonchev–Trinajstić information content (AvgIpc) is 2.60. The highest BCUT2D eigenvalue weighted by molar-refractivity contribution is 7.89. The Morgan fingerprint density at radius 1 is 1.19 bits per heavy atom. The zero-order valence-electron chi connectivity index (χ0n) is 15.9. The minimum atomic E-state index is -3.90. The molecule has 2 aromatic rings. The van der Waals surface area contributed by atoms with E-state index in [2.05, 4.69) is 4.98 Å². The largest absolute Gasteiger partial charge is 0.496 e. The van der Waals surface area contributed by atoms with Gasteiger partial charge in [0.05, 0.1) is 36.4 Å². The fraction of sp³-hybridized carbons (Fsp3) is 0.421. The van der Waals surface area contributed by atoms with Crippen molar-refractivity contribution in [3.63, 3.8) is 0 Å². The van der Waals surface area contributed by atoms with Crippen molar-refractivity contribution in [1.29, 1.82) is 0 Å². The van der Waals surface area contributed by atoms with E-state index in [0.717, 1.165) is 5.56 Å². The average molecular weight is 378 g/mol. The normalized spacial score (nSPS) is 12.4. The lowest BCUT2D eigenvalue weighted by atomic mass is 10.1. The molecule has 0 saturated carbocycles. The Bertz CT molecular complexity index is 865. The molecule has 0 aliphatic heterocycles. The Morgan fingerprint density at radius 2 is 1.88 bits per heavy atom. The molecule has 6 nitrogen and oxygen atoms in total. The predicted molar refractivity (Wildman–Crippen MR) is 101 cm³/mol. The van der Waals surface area contributed by atoms with Crippen LogP contribution in [0.4, 0.5) is 0 Å². The van der Waals surface area contributed by atoms with Gasteiger partial charge in [-0.1, -0.05) is 12.1 Å². The summed E-state index contributed by atoms with van der Waals surface area (Å²) in [6.45, 7) is 6.74. The van der Waals surface area contributed by atoms with Crippen molar-refractivity contribution in [2.75, 3.05) is 13.7 Å². The van der Waals surface area contributed by atoms with Crippen LogP contribution in [0.15, 0.2) is 41.4 Å². The van der Waals surface area contributed by atoms with Gasteiger partial charge in [-0.25, -0.2) is 8.42 Å². The van der Waals surface area contributed by atoms with Gasteiger partial charge in [-0.3, -0.25) is 4.98 Å². The minimum absolute atomic E-state index is 0.0619. The molecule has 1 N–H and O–H groups in total. The van der Waals surface area contributed by atoms with E-state index in [4.69, 9.17) is 4.74 Å². The van der Waals surface area contributed by atoms with Crippen molar-refractivity contribution in [3.05, 3.63) is 53.3 Å². The first-order valence-electron chi connectivity index (χ1n) is 8.32. The van der Waals surface area contributed by atoms with E-state index in [9.17, 15) is 13.5 Å². The summed E-state index contributed by atoms with van der Waals surface area (Å²) in [6, 6.07) is 8.67. The molecule has 0 bridgehead atoms. The first-order chi connectivity index (χ1) is 12.1. The summed E-state index contributed by atoms with van der Waals surface area (Å²) in [6.07, 6.45) is 1.62. The first-order valence-corrected chi connectivity index (χ1v) is 9.76. The fourth-order valence-corrected chi connectivity index (χ4v) is 4.74. The number of aliphatic hydroxyl groups excluding tert-OH is 1. The molecule has 2 rings (SSSR count). The molecule has 1 aromatic heterocycles. The lowest BCUT2D eigenvalue weighted by Crippen LogP contribution is -2.49. The van der Waals surface area contributed by atoms with E-state index >= 15 is 0 Å². The summed E-state index contributed by atoms with van der Waals surface area (Å²) in [5.41, 5.74) is 1.10. The highest BCUT2D eigenvalue weighted by Crippen LogP contribution is 2.32. The molecule has 0 radical (unpaired) electrons. The summed E-state index contributed by atoms with van der Waals surface area (Å²) in [7, 11) is -2.38. The number of aromatic nitrogens is 1. The highest BCUT2D eigenvalue weighted by atomic mass is 32.2. The number of aliphatic hydroxyl groups is 1. The maximum Gasteiger partial charge on any atom is 0.244 e. The number of pyridine rings is 1. The van der Waals surface area contributed by atoms with Gasteiger partial charge in [0.15, 0.2) is 0 Å². The van der Waals surface area contributed by atoms with Crippen LogP contribution in [0.3, 0.4) is 0 Å². The van der Waals surface area contributed by atoms with Crippen LogP contribution >= 0.6 is 0 Å². The number of sulfonamides is 1. The van der Waals surface area contributed by atoms with E-state index in [0.29, 0.717) is 17.0 Å². The predicted octanol–water partition coefficient (Wildman–Crippen LogP) is 2.67. The molecule has 0 saturated heterocycles. The summed E-state index contributed by atoms with van der Waals surface area (Å²) < 4.78 is 33.5. The zero-order chi connectivity index (χ0) is 19.5. The van der Waals surface area contributed by atoms with Gasteiger partial charge in [0.1, 0.15) is 5.75 Å². The van der Waals surface area contributed by atoms with Crippen LogP contribution < -0.4 is 4.74 Å². The first kappa shape index (κ1) is 20.4. The monoisotopic (exact) mass is 378 g/mol. The summed E-state index contributed by atoms with van der Waals surface area (Å²) in [4.78, 5) is 4.40. The van der Waals surface area contributed by atoms with E-state index in [1.165, 1.54) is 11.4 Å². The molecule has 1 heterocycles. The Hall–Kier alpha value is -1.96. The zero-order valence-corrected chi connectivity index (χ0v) is 16.7. The van der Waals surface area contributed by atoms with Crippen LogP contribution in [0.25, 0.3) is 0 Å². The van der Waals surface area contributed by atoms with Gasteiger partial charge in [0, 0.05) is 12.3 Å². The molecule has 142 valence electrons. The number of aryl methyl sites for hydroxylation is 2. The molecule has 0 atom stereocenters. The summed E-state index contributed by atoms with van der Waals surface area (Å²) >= 11 is 0. The smallest absolute Gasteiger partial charge is 0.244 e. The van der Waals surface area contributed by atoms with Gasteiger partial charge in [0.25, 0.3) is 0 Å². The Morgan fingerprint density at radius 3 is 2.42 bits per heavy atom. The van der Waals surface area contributed by atoms with Crippen LogP contribution in [0.5, 0.6) is 5.75 Å². The number of benzene rings is 1. The van der Waals surface area contributed by atoms with Gasteiger partial charge in [-0.15, -0.1) is 0 Å². The molecule has 26 heavy (non-hydrogen) atoms. The maximum absolute atomic E-state index is 13.5. The second-order valence-electron chi connectivity index (χ2n) is 6.89. The molecule has 0 aliphatic rings. The molecule has 0 spiro atoms. The third kappa shape index (κ3) is 4.06. The molecule has 0 fully saturated rings. The number of nitrogens with zero attached hydrogens (tertiary/aromatic N) is 2. The topological polar surface area (TPSA) is 79.7 Å². The highest BCUT2D eigenvalue weighted by Gasteiger charge is 2.38. The van der Waals surface area contributed by atoms with Gasteiger partial charge < -0.3 is 9.84 Å². The van der Waals surface area contributed by atoms with Crippen molar-refractivity contribution in [2.45, 2.75) is 44.7 Å². The number of ether oxygens (including phenoxy) is 1. The van der Waals surface area contributed by atoms with Crippen LogP contribution in [-0.4, -0.2) is 42.1 Å². The second-order valence-corrected chi connectivity index (χ2v) is 8.72. The second kappa shape index (κ2) is 7.73. The molecule has 0 aliphatic carbocycles. The van der Waals surface area contributed by atoms with Crippen LogP contribution in [0.2, 0.25) is 0 Å². The van der Waals surface area contributed by atoms with Crippen LogP contribution in [0, 0.1) is 13.8 Å². The molecular weight excluding hydrogens is 352 g/mol. The van der Waals surface area contributed by atoms with E-state index < -0.39 is 15.6 Å². The van der Waals surface area contributed by atoms with E-state index in [-0.39, 0.29) is 18.0 Å². The van der Waals surface area contributed by atoms with Gasteiger partial charge in [-0.05, 0) is 51.0 Å². The van der Waals surface area contributed by atoms with Crippen molar-refractivity contribution >= 4 is 10.0 Å². The van der Waals surface area contributed by atoms with Crippen molar-refractivity contribution in [2.24, 2.45) is 0 Å². The molecule has 0 unspecified atom stereocenters. The van der Waals surface area contributed by atoms with E-state index in [1.54, 1.807) is 57.3 Å². The van der Waals surface area contributed by atoms with Gasteiger partial charge >= 0.3 is 0 Å². The summed E-state index contributed by atoms with van der Waals surface area (Å²) in [5, 5.41) is 9.82. The quantitative estimate of drug-likeness (QED) is 0.801. The standard InChI is InChI=1S/C19H26N2O4S/c1-14-10-15(2)18(11-17(14)25-5)26(23,24)21(19(3,4)13-22)12-16-8-6-7-9-20-16/h6-11,22H,12-13H2,1-5H3. The number of hydrogen-bond donors (Lipinski definition) is 1. The Kier molecular flexibility index (Phi) is 6.05. The number of rotatable bonds is 7. The molecule has 1 aromatic carbocycles. The number of methoxy groups -OCH3 is 1. The molecule has 0 amide bonds. The van der Waals surface area contributed by atoms with Crippen LogP contribution in [0.1, 0.15) is 30.7 Å². The lowest BCUT2D eigenvalue weighted by molar-refractivity contribution is 0.116. The Balaban J connectivity index is 2.60. The van der Waals surface area contributed by atoms with Crippen molar-refractivity contribution < 1.29 is 18.3 Å². The van der Waals surface area contributed by atoms with Gasteiger partial charge in [0.2, 0.25) is 10.0 Å². The lowest BCUT2D eigenvalue weighted by Gasteiger charge is -2.36. The van der Waals surface area contributed by atoms with Gasteiger partial charge in [-0.2, -0.15) is 4.31 Å². The SMILES string of the molecule is COc1cc(S(=O)(=O)N(Cc2ccccn2)C(C)(C)CO)c(C)cc1C. The fourth-order valence-electron chi connectivity index (χ4n) is 2.77. The molecule has 7 heteroatoms. The maximum atomic E-state index is 13.5.